The van der Waals surface area contributed by atoms with E-state index < -0.39 is 0 Å². The van der Waals surface area contributed by atoms with Gasteiger partial charge in [0.05, 0.1) is 12.2 Å². The third-order valence-corrected chi connectivity index (χ3v) is 13.8. The van der Waals surface area contributed by atoms with Crippen LogP contribution >= 0.6 is 0 Å². The van der Waals surface area contributed by atoms with Crippen LogP contribution in [0, 0.1) is 50.2 Å². The van der Waals surface area contributed by atoms with Crippen LogP contribution in [-0.2, 0) is 14.3 Å². The summed E-state index contributed by atoms with van der Waals surface area (Å²) in [6.07, 6.45) is 16.6. The van der Waals surface area contributed by atoms with E-state index in [1.54, 1.807) is 6.92 Å². The lowest BCUT2D eigenvalue weighted by molar-refractivity contribution is -0.244. The van der Waals surface area contributed by atoms with Crippen molar-refractivity contribution in [2.75, 3.05) is 6.61 Å². The van der Waals surface area contributed by atoms with Gasteiger partial charge in [-0.15, -0.1) is 0 Å². The van der Waals surface area contributed by atoms with E-state index in [1.807, 2.05) is 0 Å². The quantitative estimate of drug-likeness (QED) is 0.283. The van der Waals surface area contributed by atoms with E-state index in [0.717, 1.165) is 19.4 Å². The van der Waals surface area contributed by atoms with Gasteiger partial charge in [-0.2, -0.15) is 0 Å². The normalized spacial score (nSPS) is 55.2. The third-order valence-electron chi connectivity index (χ3n) is 13.8. The molecule has 5 aliphatic carbocycles. The maximum Gasteiger partial charge on any atom is 0.302 e. The molecular formula is C32H50O3. The Bertz CT molecular complexity index is 964. The number of carbonyl (C=O) groups is 1. The first kappa shape index (κ1) is 24.5. The summed E-state index contributed by atoms with van der Waals surface area (Å²) < 4.78 is 13.1. The Balaban J connectivity index is 1.42. The fourth-order valence-electron chi connectivity index (χ4n) is 11.6. The molecule has 0 aromatic carbocycles. The number of hydrogen-bond acceptors (Lipinski definition) is 3. The van der Waals surface area contributed by atoms with Crippen LogP contribution in [0.15, 0.2) is 12.2 Å². The van der Waals surface area contributed by atoms with Gasteiger partial charge in [0.2, 0.25) is 0 Å². The molecule has 2 bridgehead atoms. The Morgan fingerprint density at radius 1 is 0.886 bits per heavy atom. The van der Waals surface area contributed by atoms with Crippen molar-refractivity contribution in [1.82, 2.24) is 0 Å². The lowest BCUT2D eigenvalue weighted by Crippen LogP contribution is -2.70. The fraction of sp³-hybridized carbons (Fsp3) is 0.906. The van der Waals surface area contributed by atoms with Crippen LogP contribution in [0.1, 0.15) is 113 Å². The van der Waals surface area contributed by atoms with Gasteiger partial charge < -0.3 is 9.47 Å². The fourth-order valence-corrected chi connectivity index (χ4v) is 11.6. The van der Waals surface area contributed by atoms with Gasteiger partial charge in [0.1, 0.15) is 6.10 Å². The molecule has 6 aliphatic rings. The highest BCUT2D eigenvalue weighted by Gasteiger charge is 2.76. The zero-order valence-corrected chi connectivity index (χ0v) is 23.8. The minimum Gasteiger partial charge on any atom is -0.462 e. The van der Waals surface area contributed by atoms with Crippen LogP contribution in [0.25, 0.3) is 0 Å². The SMILES string of the molecule is CC(=O)O[C@H]1CC[C@]2(C)[C@H]3C=C[C@]45OC[C@@]6(CCC(C)(C)C[C@H]64)CC[C@@]5(C)[C@]3(C)CC[C@H]2C1(C)C. The second-order valence-corrected chi connectivity index (χ2v) is 16.0. The third kappa shape index (κ3) is 2.81. The Hall–Kier alpha value is -0.830. The summed E-state index contributed by atoms with van der Waals surface area (Å²) in [4.78, 5) is 11.9. The molecule has 9 atom stereocenters. The Morgan fingerprint density at radius 2 is 1.60 bits per heavy atom. The number of esters is 1. The van der Waals surface area contributed by atoms with Gasteiger partial charge in [0.15, 0.2) is 0 Å². The molecule has 3 nitrogen and oxygen atoms in total. The molecule has 0 aromatic rings. The molecule has 1 aliphatic heterocycles. The highest BCUT2D eigenvalue weighted by Crippen LogP contribution is 2.79. The van der Waals surface area contributed by atoms with Crippen LogP contribution in [0.5, 0.6) is 0 Å². The zero-order valence-electron chi connectivity index (χ0n) is 23.8. The summed E-state index contributed by atoms with van der Waals surface area (Å²) >= 11 is 0. The Kier molecular flexibility index (Phi) is 4.88. The average Bonchev–Trinajstić information content (AvgIpc) is 2.99. The summed E-state index contributed by atoms with van der Waals surface area (Å²) in [6, 6.07) is 0. The predicted molar refractivity (Wildman–Crippen MR) is 140 cm³/mol. The van der Waals surface area contributed by atoms with Crippen LogP contribution < -0.4 is 0 Å². The molecular weight excluding hydrogens is 432 g/mol. The van der Waals surface area contributed by atoms with Gasteiger partial charge in [-0.1, -0.05) is 60.6 Å². The van der Waals surface area contributed by atoms with Crippen molar-refractivity contribution in [3.8, 4) is 0 Å². The molecule has 0 N–H and O–H groups in total. The molecule has 0 aromatic heterocycles. The number of allylic oxidation sites excluding steroid dienone is 1. The number of carbonyl (C=O) groups excluding carboxylic acids is 1. The minimum atomic E-state index is -0.126. The van der Waals surface area contributed by atoms with Gasteiger partial charge in [0.25, 0.3) is 0 Å². The molecule has 0 unspecified atom stereocenters. The Morgan fingerprint density at radius 3 is 2.31 bits per heavy atom. The van der Waals surface area contributed by atoms with Crippen LogP contribution in [0.2, 0.25) is 0 Å². The van der Waals surface area contributed by atoms with Gasteiger partial charge in [-0.25, -0.2) is 0 Å². The molecule has 35 heavy (non-hydrogen) atoms. The minimum absolute atomic E-state index is 0.00283. The highest BCUT2D eigenvalue weighted by atomic mass is 16.5. The lowest BCUT2D eigenvalue weighted by Gasteiger charge is -2.72. The number of hydrogen-bond donors (Lipinski definition) is 0. The lowest BCUT2D eigenvalue weighted by atomic mass is 9.32. The van der Waals surface area contributed by atoms with E-state index >= 15 is 0 Å². The van der Waals surface area contributed by atoms with Crippen molar-refractivity contribution >= 4 is 5.97 Å². The molecule has 4 saturated carbocycles. The summed E-state index contributed by atoms with van der Waals surface area (Å²) in [5, 5.41) is 0. The van der Waals surface area contributed by atoms with Crippen molar-refractivity contribution in [3.63, 3.8) is 0 Å². The van der Waals surface area contributed by atoms with E-state index in [4.69, 9.17) is 9.47 Å². The van der Waals surface area contributed by atoms with Gasteiger partial charge in [-0.3, -0.25) is 4.79 Å². The van der Waals surface area contributed by atoms with Crippen molar-refractivity contribution in [2.24, 2.45) is 50.2 Å². The molecule has 1 heterocycles. The van der Waals surface area contributed by atoms with E-state index in [-0.39, 0.29) is 39.3 Å². The summed E-state index contributed by atoms with van der Waals surface area (Å²) in [5.74, 6) is 1.65. The molecule has 1 spiro atoms. The van der Waals surface area contributed by atoms with E-state index in [9.17, 15) is 4.79 Å². The first-order valence-electron chi connectivity index (χ1n) is 14.7. The molecule has 6 rings (SSSR count). The van der Waals surface area contributed by atoms with Crippen molar-refractivity contribution in [1.29, 1.82) is 0 Å². The Labute approximate surface area is 214 Å². The van der Waals surface area contributed by atoms with Crippen LogP contribution in [0.4, 0.5) is 0 Å². The monoisotopic (exact) mass is 482 g/mol. The maximum absolute atomic E-state index is 11.9. The average molecular weight is 483 g/mol. The standard InChI is InChI=1S/C32H50O3/c1-21(33)35-25-11-12-28(6)22(27(25,4)5)9-13-29(7)23(28)10-14-32-24-19-26(2,3)15-17-31(24,20-34-32)18-16-30(29,32)8/h10,14,22-25H,9,11-13,15-20H2,1-8H3/t22-,23+,24+,25-,28-,29+,30-,31+,32-/m0/s1. The van der Waals surface area contributed by atoms with E-state index in [2.05, 4.69) is 60.6 Å². The van der Waals surface area contributed by atoms with Gasteiger partial charge in [0, 0.05) is 23.7 Å². The summed E-state index contributed by atoms with van der Waals surface area (Å²) in [7, 11) is 0. The van der Waals surface area contributed by atoms with E-state index in [1.165, 1.54) is 44.9 Å². The number of ether oxygens (including phenoxy) is 2. The first-order valence-corrected chi connectivity index (χ1v) is 14.7. The molecule has 5 fully saturated rings. The number of rotatable bonds is 1. The van der Waals surface area contributed by atoms with Crippen LogP contribution in [0.3, 0.4) is 0 Å². The molecule has 1 saturated heterocycles. The second-order valence-electron chi connectivity index (χ2n) is 16.0. The summed E-state index contributed by atoms with van der Waals surface area (Å²) in [5.41, 5.74) is 1.37. The molecule has 0 amide bonds. The zero-order chi connectivity index (χ0) is 25.3. The van der Waals surface area contributed by atoms with Gasteiger partial charge in [-0.05, 0) is 91.3 Å². The van der Waals surface area contributed by atoms with Crippen molar-refractivity contribution in [2.45, 2.75) is 125 Å². The number of fused-ring (bicyclic) bond motifs is 4. The molecule has 196 valence electrons. The smallest absolute Gasteiger partial charge is 0.302 e. The molecule has 3 heteroatoms. The van der Waals surface area contributed by atoms with Crippen LogP contribution in [-0.4, -0.2) is 24.3 Å². The highest BCUT2D eigenvalue weighted by molar-refractivity contribution is 5.66. The maximum atomic E-state index is 11.9. The van der Waals surface area contributed by atoms with Crippen molar-refractivity contribution in [3.05, 3.63) is 12.2 Å². The first-order chi connectivity index (χ1) is 16.2. The second kappa shape index (κ2) is 6.97. The largest absolute Gasteiger partial charge is 0.462 e. The predicted octanol–water partition coefficient (Wildman–Crippen LogP) is 7.73. The van der Waals surface area contributed by atoms with Gasteiger partial charge >= 0.3 is 5.97 Å². The topological polar surface area (TPSA) is 35.5 Å². The summed E-state index contributed by atoms with van der Waals surface area (Å²) in [6.45, 7) is 20.2. The molecule has 0 radical (unpaired) electrons. The van der Waals surface area contributed by atoms with Crippen molar-refractivity contribution < 1.29 is 14.3 Å². The van der Waals surface area contributed by atoms with E-state index in [0.29, 0.717) is 28.6 Å².